The average molecular weight is 218 g/mol. The zero-order chi connectivity index (χ0) is 9.99. The van der Waals surface area contributed by atoms with Gasteiger partial charge in [0.15, 0.2) is 0 Å². The van der Waals surface area contributed by atoms with Crippen molar-refractivity contribution in [2.24, 2.45) is 0 Å². The van der Waals surface area contributed by atoms with Crippen LogP contribution in [0.4, 0.5) is 0 Å². The summed E-state index contributed by atoms with van der Waals surface area (Å²) in [5, 5.41) is -1.78. The number of hydrogen-bond acceptors (Lipinski definition) is 4. The Labute approximate surface area is 70.1 Å². The first kappa shape index (κ1) is 11.8. The van der Waals surface area contributed by atoms with Crippen molar-refractivity contribution in [2.45, 2.75) is 5.25 Å². The molecule has 12 heavy (non-hydrogen) atoms. The lowest BCUT2D eigenvalue weighted by Crippen LogP contribution is -2.32. The molecule has 0 amide bonds. The van der Waals surface area contributed by atoms with Gasteiger partial charge in [0.25, 0.3) is 20.2 Å². The number of nitrogens with one attached hydrogen (secondary N) is 1. The maximum Gasteiger partial charge on any atom is 0.270 e. The summed E-state index contributed by atoms with van der Waals surface area (Å²) >= 11 is 0. The Bertz CT molecular complexity index is 328. The first-order valence-corrected chi connectivity index (χ1v) is 5.84. The lowest BCUT2D eigenvalue weighted by atomic mass is 10.5. The summed E-state index contributed by atoms with van der Waals surface area (Å²) in [5.41, 5.74) is 6.58. The van der Waals surface area contributed by atoms with Crippen molar-refractivity contribution in [1.29, 1.82) is 0 Å². The Morgan fingerprint density at radius 3 is 1.67 bits per heavy atom. The molecule has 0 aromatic rings. The average Bonchev–Trinajstić information content (AvgIpc) is 1.78. The van der Waals surface area contributed by atoms with Gasteiger partial charge in [-0.1, -0.05) is 0 Å². The van der Waals surface area contributed by atoms with Crippen molar-refractivity contribution in [3.8, 4) is 0 Å². The molecule has 0 aliphatic rings. The van der Waals surface area contributed by atoms with Gasteiger partial charge in [-0.05, 0) is 0 Å². The Morgan fingerprint density at radius 1 is 1.17 bits per heavy atom. The van der Waals surface area contributed by atoms with Gasteiger partial charge < -0.3 is 0 Å². The van der Waals surface area contributed by atoms with Crippen LogP contribution >= 0.6 is 0 Å². The van der Waals surface area contributed by atoms with Crippen LogP contribution in [0.5, 0.6) is 0 Å². The van der Waals surface area contributed by atoms with Gasteiger partial charge in [-0.3, -0.25) is 14.8 Å². The lowest BCUT2D eigenvalue weighted by molar-refractivity contribution is 0.457. The molecule has 1 unspecified atom stereocenters. The van der Waals surface area contributed by atoms with Crippen molar-refractivity contribution in [3.63, 3.8) is 0 Å². The minimum Gasteiger partial charge on any atom is -0.286 e. The Balaban J connectivity index is 4.64. The summed E-state index contributed by atoms with van der Waals surface area (Å²) in [4.78, 5) is 0. The van der Waals surface area contributed by atoms with E-state index in [1.54, 1.807) is 0 Å². The minimum absolute atomic E-state index is 0.821. The van der Waals surface area contributed by atoms with Crippen molar-refractivity contribution >= 4 is 20.2 Å². The van der Waals surface area contributed by atoms with E-state index in [0.29, 0.717) is 0 Å². The second kappa shape index (κ2) is 3.66. The van der Waals surface area contributed by atoms with Gasteiger partial charge in [0.05, 0.1) is 5.75 Å². The van der Waals surface area contributed by atoms with Crippen LogP contribution in [0.3, 0.4) is 0 Å². The summed E-state index contributed by atoms with van der Waals surface area (Å²) in [6.07, 6.45) is 0. The molecular formula is C3H8NO6S2. The SMILES string of the molecule is [NH]CC(CS(=O)(=O)O)S(=O)(=O)O. The molecule has 1 atom stereocenters. The van der Waals surface area contributed by atoms with Gasteiger partial charge in [-0.15, -0.1) is 0 Å². The van der Waals surface area contributed by atoms with E-state index in [0.717, 1.165) is 0 Å². The van der Waals surface area contributed by atoms with E-state index < -0.39 is 37.8 Å². The van der Waals surface area contributed by atoms with E-state index in [2.05, 4.69) is 0 Å². The summed E-state index contributed by atoms with van der Waals surface area (Å²) < 4.78 is 57.4. The molecule has 0 fully saturated rings. The van der Waals surface area contributed by atoms with Gasteiger partial charge in [-0.2, -0.15) is 16.8 Å². The maximum atomic E-state index is 10.3. The van der Waals surface area contributed by atoms with Crippen molar-refractivity contribution in [1.82, 2.24) is 5.73 Å². The monoisotopic (exact) mass is 218 g/mol. The quantitative estimate of drug-likeness (QED) is 0.547. The van der Waals surface area contributed by atoms with Crippen LogP contribution in [0, 0.1) is 0 Å². The van der Waals surface area contributed by atoms with Gasteiger partial charge in [0.1, 0.15) is 5.25 Å². The van der Waals surface area contributed by atoms with Gasteiger partial charge in [0.2, 0.25) is 0 Å². The van der Waals surface area contributed by atoms with Crippen molar-refractivity contribution in [3.05, 3.63) is 0 Å². The molecule has 1 radical (unpaired) electrons. The fourth-order valence-corrected chi connectivity index (χ4v) is 2.49. The largest absolute Gasteiger partial charge is 0.286 e. The molecule has 0 rings (SSSR count). The van der Waals surface area contributed by atoms with Gasteiger partial charge >= 0.3 is 0 Å². The van der Waals surface area contributed by atoms with Crippen LogP contribution in [0.1, 0.15) is 0 Å². The van der Waals surface area contributed by atoms with E-state index in [-0.39, 0.29) is 0 Å². The van der Waals surface area contributed by atoms with Crippen molar-refractivity contribution in [2.75, 3.05) is 12.3 Å². The number of hydrogen-bond donors (Lipinski definition) is 2. The summed E-state index contributed by atoms with van der Waals surface area (Å²) in [5.74, 6) is -1.16. The Morgan fingerprint density at radius 2 is 1.58 bits per heavy atom. The fourth-order valence-electron chi connectivity index (χ4n) is 0.485. The van der Waals surface area contributed by atoms with Crippen LogP contribution in [-0.2, 0) is 20.2 Å². The molecule has 73 valence electrons. The first-order valence-electron chi connectivity index (χ1n) is 2.73. The molecule has 0 spiro atoms. The van der Waals surface area contributed by atoms with E-state index in [4.69, 9.17) is 14.8 Å². The molecule has 3 N–H and O–H groups in total. The highest BCUT2D eigenvalue weighted by atomic mass is 32.2. The number of rotatable bonds is 4. The molecule has 0 saturated carbocycles. The highest BCUT2D eigenvalue weighted by Gasteiger charge is 2.26. The zero-order valence-corrected chi connectivity index (χ0v) is 7.47. The molecule has 0 aliphatic carbocycles. The van der Waals surface area contributed by atoms with Gasteiger partial charge in [0, 0.05) is 6.54 Å². The molecule has 0 bridgehead atoms. The third-order valence-corrected chi connectivity index (χ3v) is 3.26. The van der Waals surface area contributed by atoms with Crippen molar-refractivity contribution < 1.29 is 25.9 Å². The maximum absolute atomic E-state index is 10.3. The van der Waals surface area contributed by atoms with E-state index >= 15 is 0 Å². The molecule has 0 saturated heterocycles. The van der Waals surface area contributed by atoms with Crippen LogP contribution in [0.25, 0.3) is 0 Å². The highest BCUT2D eigenvalue weighted by Crippen LogP contribution is 2.00. The zero-order valence-electron chi connectivity index (χ0n) is 5.84. The summed E-state index contributed by atoms with van der Waals surface area (Å²) in [6.45, 7) is -0.821. The molecular weight excluding hydrogens is 210 g/mol. The molecule has 7 nitrogen and oxygen atoms in total. The van der Waals surface area contributed by atoms with Crippen LogP contribution < -0.4 is 5.73 Å². The third-order valence-electron chi connectivity index (χ3n) is 1.05. The van der Waals surface area contributed by atoms with Crippen LogP contribution in [-0.4, -0.2) is 43.5 Å². The predicted molar refractivity (Wildman–Crippen MR) is 39.7 cm³/mol. The van der Waals surface area contributed by atoms with E-state index in [9.17, 15) is 16.8 Å². The second-order valence-corrected chi connectivity index (χ2v) is 5.28. The molecule has 0 heterocycles. The van der Waals surface area contributed by atoms with Crippen LogP contribution in [0.15, 0.2) is 0 Å². The first-order chi connectivity index (χ1) is 5.17. The molecule has 0 aliphatic heterocycles. The molecule has 0 aromatic carbocycles. The lowest BCUT2D eigenvalue weighted by Gasteiger charge is -2.07. The van der Waals surface area contributed by atoms with E-state index in [1.165, 1.54) is 0 Å². The Hall–Kier alpha value is -0.220. The smallest absolute Gasteiger partial charge is 0.270 e. The molecule has 9 heteroatoms. The third kappa shape index (κ3) is 4.62. The Kier molecular flexibility index (Phi) is 3.59. The fraction of sp³-hybridized carbons (Fsp3) is 1.00. The topological polar surface area (TPSA) is 133 Å². The second-order valence-electron chi connectivity index (χ2n) is 2.09. The standard InChI is InChI=1S/C3H8NO6S2/c4-1-3(12(8,9)10)2-11(5,6)7/h3-4H,1-2H2,(H,5,6,7)(H,8,9,10). The minimum atomic E-state index is -4.57. The highest BCUT2D eigenvalue weighted by molar-refractivity contribution is 7.90. The molecule has 0 aromatic heterocycles. The van der Waals surface area contributed by atoms with E-state index in [1.807, 2.05) is 0 Å². The van der Waals surface area contributed by atoms with Crippen LogP contribution in [0.2, 0.25) is 0 Å². The summed E-state index contributed by atoms with van der Waals surface area (Å²) in [7, 11) is -9.05. The predicted octanol–water partition coefficient (Wildman–Crippen LogP) is -1.59. The van der Waals surface area contributed by atoms with Gasteiger partial charge in [-0.25, -0.2) is 0 Å². The summed E-state index contributed by atoms with van der Waals surface area (Å²) in [6, 6.07) is 0. The normalized spacial score (nSPS) is 15.9.